The lowest BCUT2D eigenvalue weighted by atomic mass is 10.0. The molecule has 5 nitrogen and oxygen atoms in total. The Morgan fingerprint density at radius 2 is 1.90 bits per heavy atom. The fraction of sp³-hybridized carbons (Fsp3) is 0.435. The van der Waals surface area contributed by atoms with Gasteiger partial charge in [-0.05, 0) is 61.6 Å². The molecule has 1 aliphatic rings. The summed E-state index contributed by atoms with van der Waals surface area (Å²) in [7, 11) is 0. The second-order valence-corrected chi connectivity index (χ2v) is 7.62. The maximum absolute atomic E-state index is 13.4. The molecule has 0 amide bonds. The average molecular weight is 417 g/mol. The summed E-state index contributed by atoms with van der Waals surface area (Å²) in [5.74, 6) is -0.518. The molecule has 1 aliphatic heterocycles. The normalized spacial score (nSPS) is 15.9. The van der Waals surface area contributed by atoms with Crippen LogP contribution in [0.1, 0.15) is 30.9 Å². The monoisotopic (exact) mass is 416 g/mol. The number of piperidine rings is 1. The highest BCUT2D eigenvalue weighted by Gasteiger charge is 2.20. The summed E-state index contributed by atoms with van der Waals surface area (Å²) in [6, 6.07) is 11.7. The van der Waals surface area contributed by atoms with Gasteiger partial charge >= 0.3 is 0 Å². The van der Waals surface area contributed by atoms with E-state index in [2.05, 4.69) is 20.5 Å². The summed E-state index contributed by atoms with van der Waals surface area (Å²) >= 11 is 0. The van der Waals surface area contributed by atoms with Crippen LogP contribution < -0.4 is 10.6 Å². The topological polar surface area (TPSA) is 59.9 Å². The van der Waals surface area contributed by atoms with E-state index in [1.54, 1.807) is 18.2 Å². The molecule has 0 aromatic heterocycles. The second-order valence-electron chi connectivity index (χ2n) is 7.62. The zero-order chi connectivity index (χ0) is 21.3. The summed E-state index contributed by atoms with van der Waals surface area (Å²) in [4.78, 5) is 6.92. The zero-order valence-corrected chi connectivity index (χ0v) is 17.4. The minimum absolute atomic E-state index is 0.275. The van der Waals surface area contributed by atoms with E-state index in [0.717, 1.165) is 56.0 Å². The van der Waals surface area contributed by atoms with Gasteiger partial charge in [-0.2, -0.15) is 0 Å². The van der Waals surface area contributed by atoms with Gasteiger partial charge in [0.15, 0.2) is 17.6 Å². The predicted molar refractivity (Wildman–Crippen MR) is 116 cm³/mol. The Morgan fingerprint density at radius 1 is 1.10 bits per heavy atom. The van der Waals surface area contributed by atoms with Crippen molar-refractivity contribution in [2.24, 2.45) is 4.99 Å². The Bertz CT molecular complexity index is 851. The lowest BCUT2D eigenvalue weighted by Crippen LogP contribution is -2.48. The molecular formula is C23H30F2N4O. The number of aromatic hydroxyl groups is 1. The van der Waals surface area contributed by atoms with E-state index in [4.69, 9.17) is 0 Å². The molecule has 7 heteroatoms. The molecule has 1 fully saturated rings. The number of hydrogen-bond donors (Lipinski definition) is 3. The number of rotatable bonds is 7. The third-order valence-electron chi connectivity index (χ3n) is 5.24. The smallest absolute Gasteiger partial charge is 0.191 e. The van der Waals surface area contributed by atoms with Crippen molar-refractivity contribution in [3.63, 3.8) is 0 Å². The van der Waals surface area contributed by atoms with Gasteiger partial charge in [0.05, 0.1) is 0 Å². The number of nitrogens with zero attached hydrogens (tertiary/aromatic N) is 2. The molecule has 0 bridgehead atoms. The van der Waals surface area contributed by atoms with Gasteiger partial charge in [0.1, 0.15) is 5.75 Å². The van der Waals surface area contributed by atoms with E-state index in [9.17, 15) is 13.9 Å². The number of nitrogens with one attached hydrogen (secondary N) is 2. The highest BCUT2D eigenvalue weighted by molar-refractivity contribution is 5.80. The van der Waals surface area contributed by atoms with Crippen LogP contribution >= 0.6 is 0 Å². The first kappa shape index (κ1) is 22.0. The standard InChI is InChI=1S/C23H30F2N4O/c1-2-26-23(27-11-8-17-4-3-5-20(30)14-17)28-19-9-12-29(13-10-19)16-18-6-7-21(24)22(25)15-18/h3-7,14-15,19,30H,2,8-13,16H2,1H3,(H2,26,27,28). The van der Waals surface area contributed by atoms with Crippen LogP contribution in [0.25, 0.3) is 0 Å². The molecule has 2 aromatic carbocycles. The van der Waals surface area contributed by atoms with Crippen molar-refractivity contribution in [1.82, 2.24) is 15.5 Å². The first-order valence-electron chi connectivity index (χ1n) is 10.5. The molecule has 0 unspecified atom stereocenters. The molecular weight excluding hydrogens is 386 g/mol. The summed E-state index contributed by atoms with van der Waals surface area (Å²) in [6.07, 6.45) is 2.68. The van der Waals surface area contributed by atoms with E-state index in [1.807, 2.05) is 19.1 Å². The summed E-state index contributed by atoms with van der Waals surface area (Å²) in [5.41, 5.74) is 1.85. The maximum Gasteiger partial charge on any atom is 0.191 e. The first-order valence-corrected chi connectivity index (χ1v) is 10.5. The highest BCUT2D eigenvalue weighted by Crippen LogP contribution is 2.16. The Labute approximate surface area is 176 Å². The average Bonchev–Trinajstić information content (AvgIpc) is 2.72. The van der Waals surface area contributed by atoms with Crippen LogP contribution in [0.15, 0.2) is 47.5 Å². The van der Waals surface area contributed by atoms with Crippen molar-refractivity contribution in [2.75, 3.05) is 26.2 Å². The molecule has 1 saturated heterocycles. The highest BCUT2D eigenvalue weighted by atomic mass is 19.2. The molecule has 30 heavy (non-hydrogen) atoms. The maximum atomic E-state index is 13.4. The molecule has 3 N–H and O–H groups in total. The molecule has 0 spiro atoms. The van der Waals surface area contributed by atoms with Gasteiger partial charge in [-0.25, -0.2) is 8.78 Å². The number of guanidine groups is 1. The minimum atomic E-state index is -0.805. The van der Waals surface area contributed by atoms with Crippen molar-refractivity contribution < 1.29 is 13.9 Å². The molecule has 0 atom stereocenters. The number of likely N-dealkylation sites (tertiary alicyclic amines) is 1. The van der Waals surface area contributed by atoms with E-state index < -0.39 is 11.6 Å². The number of halogens is 2. The third-order valence-corrected chi connectivity index (χ3v) is 5.24. The van der Waals surface area contributed by atoms with Crippen molar-refractivity contribution in [3.8, 4) is 5.75 Å². The predicted octanol–water partition coefficient (Wildman–Crippen LogP) is 3.43. The third kappa shape index (κ3) is 6.69. The summed E-state index contributed by atoms with van der Waals surface area (Å²) in [6.45, 7) is 5.86. The molecule has 162 valence electrons. The van der Waals surface area contributed by atoms with Crippen molar-refractivity contribution >= 4 is 5.96 Å². The van der Waals surface area contributed by atoms with Gasteiger partial charge in [-0.15, -0.1) is 0 Å². The number of phenolic OH excluding ortho intramolecular Hbond substituents is 1. The van der Waals surface area contributed by atoms with Crippen LogP contribution in [0, 0.1) is 11.6 Å². The molecule has 0 saturated carbocycles. The SMILES string of the molecule is CCNC(=NCCc1cccc(O)c1)NC1CCN(Cc2ccc(F)c(F)c2)CC1. The lowest BCUT2D eigenvalue weighted by Gasteiger charge is -2.33. The van der Waals surface area contributed by atoms with E-state index in [-0.39, 0.29) is 5.75 Å². The van der Waals surface area contributed by atoms with Crippen LogP contribution in [-0.4, -0.2) is 48.2 Å². The fourth-order valence-corrected chi connectivity index (χ4v) is 3.65. The van der Waals surface area contributed by atoms with Crippen molar-refractivity contribution in [1.29, 1.82) is 0 Å². The lowest BCUT2D eigenvalue weighted by molar-refractivity contribution is 0.198. The Balaban J connectivity index is 1.46. The number of phenols is 1. The van der Waals surface area contributed by atoms with E-state index in [1.165, 1.54) is 12.1 Å². The zero-order valence-electron chi connectivity index (χ0n) is 17.4. The van der Waals surface area contributed by atoms with Gasteiger partial charge in [-0.3, -0.25) is 9.89 Å². The quantitative estimate of drug-likeness (QED) is 0.478. The molecule has 0 aliphatic carbocycles. The first-order chi connectivity index (χ1) is 14.5. The van der Waals surface area contributed by atoms with Crippen LogP contribution in [0.5, 0.6) is 5.75 Å². The van der Waals surface area contributed by atoms with Crippen molar-refractivity contribution in [2.45, 2.75) is 38.8 Å². The van der Waals surface area contributed by atoms with Crippen LogP contribution in [0.4, 0.5) is 8.78 Å². The number of aliphatic imine (C=N–C) groups is 1. The Kier molecular flexibility index (Phi) is 8.02. The molecule has 1 heterocycles. The van der Waals surface area contributed by atoms with E-state index in [0.29, 0.717) is 19.1 Å². The summed E-state index contributed by atoms with van der Waals surface area (Å²) < 4.78 is 26.5. The van der Waals surface area contributed by atoms with Crippen molar-refractivity contribution in [3.05, 3.63) is 65.2 Å². The number of benzene rings is 2. The second kappa shape index (κ2) is 10.9. The molecule has 2 aromatic rings. The minimum Gasteiger partial charge on any atom is -0.508 e. The van der Waals surface area contributed by atoms with Gasteiger partial charge in [0.25, 0.3) is 0 Å². The van der Waals surface area contributed by atoms with Gasteiger partial charge in [-0.1, -0.05) is 18.2 Å². The summed E-state index contributed by atoms with van der Waals surface area (Å²) in [5, 5.41) is 16.4. The van der Waals surface area contributed by atoms with Crippen LogP contribution in [0.3, 0.4) is 0 Å². The Hall–Kier alpha value is -2.67. The molecule has 3 rings (SSSR count). The largest absolute Gasteiger partial charge is 0.508 e. The number of hydrogen-bond acceptors (Lipinski definition) is 3. The van der Waals surface area contributed by atoms with Crippen LogP contribution in [-0.2, 0) is 13.0 Å². The molecule has 0 radical (unpaired) electrons. The van der Waals surface area contributed by atoms with E-state index >= 15 is 0 Å². The fourth-order valence-electron chi connectivity index (χ4n) is 3.65. The van der Waals surface area contributed by atoms with Gasteiger partial charge in [0.2, 0.25) is 0 Å². The van der Waals surface area contributed by atoms with Gasteiger partial charge in [0, 0.05) is 38.8 Å². The van der Waals surface area contributed by atoms with Crippen LogP contribution in [0.2, 0.25) is 0 Å². The Morgan fingerprint density at radius 3 is 2.60 bits per heavy atom. The van der Waals surface area contributed by atoms with Gasteiger partial charge < -0.3 is 15.7 Å².